The predicted octanol–water partition coefficient (Wildman–Crippen LogP) is 1.20. The summed E-state index contributed by atoms with van der Waals surface area (Å²) in [6.07, 6.45) is 1.63. The molecular formula is C10H9N3O2. The number of pyridine rings is 1. The summed E-state index contributed by atoms with van der Waals surface area (Å²) in [7, 11) is 0. The van der Waals surface area contributed by atoms with Crippen LogP contribution in [0.15, 0.2) is 12.3 Å². The lowest BCUT2D eigenvalue weighted by molar-refractivity contribution is -0.118. The lowest BCUT2D eigenvalue weighted by Crippen LogP contribution is -2.25. The van der Waals surface area contributed by atoms with Gasteiger partial charge in [-0.15, -0.1) is 0 Å². The molecular weight excluding hydrogens is 194 g/mol. The SMILES string of the molecule is Cc1cc2ncc3c(c2[nH]1)NC(=O)CO3. The molecule has 0 spiro atoms. The quantitative estimate of drug-likeness (QED) is 0.676. The van der Waals surface area contributed by atoms with Crippen molar-refractivity contribution in [2.75, 3.05) is 11.9 Å². The van der Waals surface area contributed by atoms with Crippen LogP contribution in [0.3, 0.4) is 0 Å². The standard InChI is InChI=1S/C10H9N3O2/c1-5-2-6-9(12-5)10-7(3-11-6)15-4-8(14)13-10/h2-3,12H,4H2,1H3,(H,13,14). The molecule has 0 radical (unpaired) electrons. The summed E-state index contributed by atoms with van der Waals surface area (Å²) in [5.41, 5.74) is 3.34. The maximum atomic E-state index is 11.2. The maximum Gasteiger partial charge on any atom is 0.262 e. The molecule has 0 unspecified atom stereocenters. The molecule has 3 rings (SSSR count). The molecule has 5 heteroatoms. The topological polar surface area (TPSA) is 67.0 Å². The van der Waals surface area contributed by atoms with E-state index in [-0.39, 0.29) is 12.5 Å². The van der Waals surface area contributed by atoms with Gasteiger partial charge < -0.3 is 15.0 Å². The van der Waals surface area contributed by atoms with E-state index in [0.717, 1.165) is 16.7 Å². The highest BCUT2D eigenvalue weighted by molar-refractivity contribution is 6.04. The summed E-state index contributed by atoms with van der Waals surface area (Å²) in [5, 5.41) is 2.78. The van der Waals surface area contributed by atoms with Crippen LogP contribution >= 0.6 is 0 Å². The predicted molar refractivity (Wildman–Crippen MR) is 55.0 cm³/mol. The molecule has 0 aromatic carbocycles. The molecule has 5 nitrogen and oxygen atoms in total. The largest absolute Gasteiger partial charge is 0.480 e. The average Bonchev–Trinajstić information content (AvgIpc) is 2.58. The number of aromatic amines is 1. The van der Waals surface area contributed by atoms with Crippen molar-refractivity contribution < 1.29 is 9.53 Å². The number of nitrogens with zero attached hydrogens (tertiary/aromatic N) is 1. The molecule has 1 amide bonds. The molecule has 0 aliphatic carbocycles. The van der Waals surface area contributed by atoms with Crippen LogP contribution in [0.5, 0.6) is 5.75 Å². The Morgan fingerprint density at radius 3 is 3.27 bits per heavy atom. The molecule has 1 aliphatic heterocycles. The van der Waals surface area contributed by atoms with Gasteiger partial charge in [-0.3, -0.25) is 9.78 Å². The number of ether oxygens (including phenoxy) is 1. The summed E-state index contributed by atoms with van der Waals surface area (Å²) in [6, 6.07) is 1.93. The van der Waals surface area contributed by atoms with Gasteiger partial charge in [0.25, 0.3) is 5.91 Å². The second-order valence-electron chi connectivity index (χ2n) is 3.55. The zero-order chi connectivity index (χ0) is 10.4. The van der Waals surface area contributed by atoms with Crippen molar-refractivity contribution in [2.45, 2.75) is 6.92 Å². The zero-order valence-electron chi connectivity index (χ0n) is 8.13. The average molecular weight is 203 g/mol. The van der Waals surface area contributed by atoms with Crippen molar-refractivity contribution in [3.05, 3.63) is 18.0 Å². The van der Waals surface area contributed by atoms with Crippen LogP contribution in [0, 0.1) is 6.92 Å². The second-order valence-corrected chi connectivity index (χ2v) is 3.55. The van der Waals surface area contributed by atoms with Crippen LogP contribution in [0.2, 0.25) is 0 Å². The Hall–Kier alpha value is -2.04. The molecule has 0 bridgehead atoms. The van der Waals surface area contributed by atoms with Gasteiger partial charge in [0.2, 0.25) is 0 Å². The fourth-order valence-electron chi connectivity index (χ4n) is 1.74. The number of nitrogens with one attached hydrogen (secondary N) is 2. The van der Waals surface area contributed by atoms with Gasteiger partial charge in [-0.1, -0.05) is 0 Å². The van der Waals surface area contributed by atoms with E-state index in [0.29, 0.717) is 11.4 Å². The highest BCUT2D eigenvalue weighted by Crippen LogP contribution is 2.33. The van der Waals surface area contributed by atoms with E-state index in [1.54, 1.807) is 6.20 Å². The monoisotopic (exact) mass is 203 g/mol. The highest BCUT2D eigenvalue weighted by Gasteiger charge is 2.19. The third-order valence-corrected chi connectivity index (χ3v) is 2.37. The minimum atomic E-state index is -0.137. The van der Waals surface area contributed by atoms with Gasteiger partial charge in [-0.2, -0.15) is 0 Å². The van der Waals surface area contributed by atoms with E-state index in [9.17, 15) is 4.79 Å². The molecule has 15 heavy (non-hydrogen) atoms. The molecule has 3 heterocycles. The minimum Gasteiger partial charge on any atom is -0.480 e. The Labute approximate surface area is 85.5 Å². The van der Waals surface area contributed by atoms with Gasteiger partial charge in [-0.25, -0.2) is 0 Å². The van der Waals surface area contributed by atoms with Crippen molar-refractivity contribution in [1.82, 2.24) is 9.97 Å². The zero-order valence-corrected chi connectivity index (χ0v) is 8.13. The van der Waals surface area contributed by atoms with Crippen LogP contribution in [0.1, 0.15) is 5.69 Å². The number of fused-ring (bicyclic) bond motifs is 3. The number of H-pyrrole nitrogens is 1. The van der Waals surface area contributed by atoms with Crippen molar-refractivity contribution in [1.29, 1.82) is 0 Å². The molecule has 0 atom stereocenters. The molecule has 0 fully saturated rings. The van der Waals surface area contributed by atoms with Crippen LogP contribution < -0.4 is 10.1 Å². The second kappa shape index (κ2) is 2.73. The Morgan fingerprint density at radius 2 is 2.40 bits per heavy atom. The van der Waals surface area contributed by atoms with Gasteiger partial charge >= 0.3 is 0 Å². The van der Waals surface area contributed by atoms with E-state index in [1.165, 1.54) is 0 Å². The van der Waals surface area contributed by atoms with E-state index < -0.39 is 0 Å². The van der Waals surface area contributed by atoms with Gasteiger partial charge in [-0.05, 0) is 13.0 Å². The van der Waals surface area contributed by atoms with Crippen molar-refractivity contribution in [3.8, 4) is 5.75 Å². The maximum absolute atomic E-state index is 11.2. The van der Waals surface area contributed by atoms with Gasteiger partial charge in [0, 0.05) is 5.69 Å². The first kappa shape index (κ1) is 8.28. The summed E-state index contributed by atoms with van der Waals surface area (Å²) < 4.78 is 5.26. The van der Waals surface area contributed by atoms with Crippen molar-refractivity contribution in [3.63, 3.8) is 0 Å². The van der Waals surface area contributed by atoms with Gasteiger partial charge in [0.15, 0.2) is 12.4 Å². The Kier molecular flexibility index (Phi) is 1.50. The van der Waals surface area contributed by atoms with Crippen LogP contribution in [0.25, 0.3) is 11.0 Å². The van der Waals surface area contributed by atoms with Crippen LogP contribution in [-0.4, -0.2) is 22.5 Å². The number of rotatable bonds is 0. The van der Waals surface area contributed by atoms with Gasteiger partial charge in [0.05, 0.1) is 17.2 Å². The summed E-state index contributed by atoms with van der Waals surface area (Å²) >= 11 is 0. The summed E-state index contributed by atoms with van der Waals surface area (Å²) in [5.74, 6) is 0.478. The Bertz CT molecular complexity index is 559. The number of hydrogen-bond acceptors (Lipinski definition) is 3. The Morgan fingerprint density at radius 1 is 1.53 bits per heavy atom. The number of anilines is 1. The van der Waals surface area contributed by atoms with E-state index in [4.69, 9.17) is 4.74 Å². The highest BCUT2D eigenvalue weighted by atomic mass is 16.5. The van der Waals surface area contributed by atoms with E-state index >= 15 is 0 Å². The molecule has 2 aromatic rings. The number of carbonyl (C=O) groups is 1. The van der Waals surface area contributed by atoms with E-state index in [2.05, 4.69) is 15.3 Å². The molecule has 2 N–H and O–H groups in total. The number of aryl methyl sites for hydroxylation is 1. The van der Waals surface area contributed by atoms with Crippen LogP contribution in [-0.2, 0) is 4.79 Å². The Balaban J connectivity index is 2.31. The normalized spacial score (nSPS) is 14.6. The first-order chi connectivity index (χ1) is 7.24. The fourth-order valence-corrected chi connectivity index (χ4v) is 1.74. The van der Waals surface area contributed by atoms with Crippen molar-refractivity contribution in [2.24, 2.45) is 0 Å². The van der Waals surface area contributed by atoms with E-state index in [1.807, 2.05) is 13.0 Å². The fraction of sp³-hybridized carbons (Fsp3) is 0.200. The lowest BCUT2D eigenvalue weighted by Gasteiger charge is -2.17. The third-order valence-electron chi connectivity index (χ3n) is 2.37. The minimum absolute atomic E-state index is 0.0554. The summed E-state index contributed by atoms with van der Waals surface area (Å²) in [6.45, 7) is 2.00. The molecule has 2 aromatic heterocycles. The molecule has 76 valence electrons. The number of aromatic nitrogens is 2. The van der Waals surface area contributed by atoms with Crippen molar-refractivity contribution >= 4 is 22.6 Å². The smallest absolute Gasteiger partial charge is 0.262 e. The van der Waals surface area contributed by atoms with Gasteiger partial charge in [0.1, 0.15) is 5.69 Å². The number of amides is 1. The first-order valence-corrected chi connectivity index (χ1v) is 4.65. The number of hydrogen-bond donors (Lipinski definition) is 2. The first-order valence-electron chi connectivity index (χ1n) is 4.65. The molecule has 1 aliphatic rings. The number of carbonyl (C=O) groups excluding carboxylic acids is 1. The lowest BCUT2D eigenvalue weighted by atomic mass is 10.3. The van der Waals surface area contributed by atoms with Crippen LogP contribution in [0.4, 0.5) is 5.69 Å². The summed E-state index contributed by atoms with van der Waals surface area (Å²) in [4.78, 5) is 18.6. The molecule has 0 saturated carbocycles. The third kappa shape index (κ3) is 1.16. The molecule has 0 saturated heterocycles.